The van der Waals surface area contributed by atoms with Crippen LogP contribution in [0, 0.1) is 0 Å². The number of esters is 1. The van der Waals surface area contributed by atoms with Crippen molar-refractivity contribution in [2.45, 2.75) is 39.0 Å². The fourth-order valence-corrected chi connectivity index (χ4v) is 1.03. The SMILES string of the molecule is C=CC(=O)OCC/C=C/CCCCC. The molecule has 14 heavy (non-hydrogen) atoms. The Balaban J connectivity index is 3.18. The molecule has 0 unspecified atom stereocenters. The molecule has 0 aromatic carbocycles. The van der Waals surface area contributed by atoms with E-state index in [0.717, 1.165) is 12.8 Å². The van der Waals surface area contributed by atoms with E-state index in [1.165, 1.54) is 25.3 Å². The molecule has 0 radical (unpaired) electrons. The van der Waals surface area contributed by atoms with Gasteiger partial charge in [-0.05, 0) is 19.3 Å². The lowest BCUT2D eigenvalue weighted by Gasteiger charge is -1.97. The molecule has 0 atom stereocenters. The Hall–Kier alpha value is -1.05. The molecule has 0 heterocycles. The molecule has 2 nitrogen and oxygen atoms in total. The van der Waals surface area contributed by atoms with Gasteiger partial charge in [0.2, 0.25) is 0 Å². The molecule has 0 spiro atoms. The molecule has 0 aliphatic carbocycles. The summed E-state index contributed by atoms with van der Waals surface area (Å²) >= 11 is 0. The number of carbonyl (C=O) groups excluding carboxylic acids is 1. The van der Waals surface area contributed by atoms with E-state index in [0.29, 0.717) is 6.61 Å². The number of rotatable bonds is 8. The predicted molar refractivity (Wildman–Crippen MR) is 59.1 cm³/mol. The molecule has 0 aliphatic heterocycles. The minimum atomic E-state index is -0.343. The van der Waals surface area contributed by atoms with Crippen molar-refractivity contribution in [1.29, 1.82) is 0 Å². The second-order valence-corrected chi connectivity index (χ2v) is 3.13. The van der Waals surface area contributed by atoms with Crippen molar-refractivity contribution < 1.29 is 9.53 Å². The van der Waals surface area contributed by atoms with Crippen molar-refractivity contribution >= 4 is 5.97 Å². The smallest absolute Gasteiger partial charge is 0.330 e. The van der Waals surface area contributed by atoms with Crippen molar-refractivity contribution in [3.8, 4) is 0 Å². The first-order valence-corrected chi connectivity index (χ1v) is 5.25. The minimum absolute atomic E-state index is 0.343. The largest absolute Gasteiger partial charge is 0.462 e. The third-order valence-electron chi connectivity index (χ3n) is 1.84. The molecule has 0 bridgehead atoms. The van der Waals surface area contributed by atoms with Crippen molar-refractivity contribution in [1.82, 2.24) is 0 Å². The average Bonchev–Trinajstić information content (AvgIpc) is 2.21. The van der Waals surface area contributed by atoms with Gasteiger partial charge in [-0.25, -0.2) is 4.79 Å². The summed E-state index contributed by atoms with van der Waals surface area (Å²) in [6.45, 7) is 5.96. The maximum absolute atomic E-state index is 10.6. The fraction of sp³-hybridized carbons (Fsp3) is 0.583. The van der Waals surface area contributed by atoms with Crippen LogP contribution in [-0.4, -0.2) is 12.6 Å². The Kier molecular flexibility index (Phi) is 9.28. The number of hydrogen-bond acceptors (Lipinski definition) is 2. The zero-order valence-electron chi connectivity index (χ0n) is 9.00. The third-order valence-corrected chi connectivity index (χ3v) is 1.84. The Bertz CT molecular complexity index is 183. The number of ether oxygens (including phenoxy) is 1. The average molecular weight is 196 g/mol. The topological polar surface area (TPSA) is 26.3 Å². The summed E-state index contributed by atoms with van der Waals surface area (Å²) in [5.41, 5.74) is 0. The van der Waals surface area contributed by atoms with E-state index in [-0.39, 0.29) is 5.97 Å². The van der Waals surface area contributed by atoms with Gasteiger partial charge in [-0.3, -0.25) is 0 Å². The highest BCUT2D eigenvalue weighted by Gasteiger charge is 1.91. The van der Waals surface area contributed by atoms with E-state index in [2.05, 4.69) is 25.7 Å². The highest BCUT2D eigenvalue weighted by atomic mass is 16.5. The van der Waals surface area contributed by atoms with Crippen LogP contribution in [0.3, 0.4) is 0 Å². The van der Waals surface area contributed by atoms with Gasteiger partial charge in [0, 0.05) is 6.08 Å². The number of carbonyl (C=O) groups is 1. The van der Waals surface area contributed by atoms with Crippen molar-refractivity contribution in [3.05, 3.63) is 24.8 Å². The zero-order valence-corrected chi connectivity index (χ0v) is 9.00. The summed E-state index contributed by atoms with van der Waals surface area (Å²) in [6, 6.07) is 0. The normalized spacial score (nSPS) is 10.4. The van der Waals surface area contributed by atoms with Crippen LogP contribution in [0.2, 0.25) is 0 Å². The first-order chi connectivity index (χ1) is 6.81. The molecule has 0 fully saturated rings. The number of allylic oxidation sites excluding steroid dienone is 1. The van der Waals surface area contributed by atoms with Crippen LogP contribution in [-0.2, 0) is 9.53 Å². The Morgan fingerprint density at radius 2 is 2.00 bits per heavy atom. The second-order valence-electron chi connectivity index (χ2n) is 3.13. The standard InChI is InChI=1S/C12H20O2/c1-3-5-6-7-8-9-10-11-14-12(13)4-2/h4,8-9H,2-3,5-7,10-11H2,1H3/b9-8+. The van der Waals surface area contributed by atoms with Crippen LogP contribution in [0.1, 0.15) is 39.0 Å². The molecule has 0 N–H and O–H groups in total. The first-order valence-electron chi connectivity index (χ1n) is 5.25. The maximum Gasteiger partial charge on any atom is 0.330 e. The molecular weight excluding hydrogens is 176 g/mol. The molecule has 0 saturated heterocycles. The first kappa shape index (κ1) is 12.9. The summed E-state index contributed by atoms with van der Waals surface area (Å²) in [7, 11) is 0. The van der Waals surface area contributed by atoms with Gasteiger partial charge in [0.1, 0.15) is 0 Å². The summed E-state index contributed by atoms with van der Waals surface area (Å²) in [5.74, 6) is -0.343. The van der Waals surface area contributed by atoms with Gasteiger partial charge >= 0.3 is 5.97 Å². The molecule has 0 aliphatic rings. The Labute approximate surface area is 86.6 Å². The van der Waals surface area contributed by atoms with Gasteiger partial charge in [0.15, 0.2) is 0 Å². The van der Waals surface area contributed by atoms with Crippen LogP contribution in [0.15, 0.2) is 24.8 Å². The van der Waals surface area contributed by atoms with Gasteiger partial charge in [-0.2, -0.15) is 0 Å². The van der Waals surface area contributed by atoms with Gasteiger partial charge in [0.25, 0.3) is 0 Å². The molecule has 80 valence electrons. The lowest BCUT2D eigenvalue weighted by molar-refractivity contribution is -0.137. The van der Waals surface area contributed by atoms with Crippen LogP contribution in [0.5, 0.6) is 0 Å². The van der Waals surface area contributed by atoms with Crippen molar-refractivity contribution in [3.63, 3.8) is 0 Å². The van der Waals surface area contributed by atoms with E-state index < -0.39 is 0 Å². The summed E-state index contributed by atoms with van der Waals surface area (Å²) in [4.78, 5) is 10.6. The van der Waals surface area contributed by atoms with Gasteiger partial charge in [-0.1, -0.05) is 38.5 Å². The van der Waals surface area contributed by atoms with Gasteiger partial charge < -0.3 is 4.74 Å². The molecular formula is C12H20O2. The maximum atomic E-state index is 10.6. The number of unbranched alkanes of at least 4 members (excludes halogenated alkanes) is 3. The van der Waals surface area contributed by atoms with E-state index >= 15 is 0 Å². The highest BCUT2D eigenvalue weighted by molar-refractivity contribution is 5.81. The molecule has 0 aromatic rings. The monoisotopic (exact) mass is 196 g/mol. The van der Waals surface area contributed by atoms with Crippen LogP contribution >= 0.6 is 0 Å². The van der Waals surface area contributed by atoms with Gasteiger partial charge in [-0.15, -0.1) is 0 Å². The number of hydrogen-bond donors (Lipinski definition) is 0. The van der Waals surface area contributed by atoms with E-state index in [9.17, 15) is 4.79 Å². The summed E-state index contributed by atoms with van der Waals surface area (Å²) < 4.78 is 4.81. The third kappa shape index (κ3) is 9.04. The summed E-state index contributed by atoms with van der Waals surface area (Å²) in [6.07, 6.45) is 11.1. The lowest BCUT2D eigenvalue weighted by Crippen LogP contribution is -2.00. The predicted octanol–water partition coefficient (Wildman–Crippen LogP) is 3.24. The highest BCUT2D eigenvalue weighted by Crippen LogP contribution is 2.00. The van der Waals surface area contributed by atoms with Crippen LogP contribution in [0.25, 0.3) is 0 Å². The Morgan fingerprint density at radius 3 is 2.64 bits per heavy atom. The molecule has 0 amide bonds. The quantitative estimate of drug-likeness (QED) is 0.258. The molecule has 0 aromatic heterocycles. The van der Waals surface area contributed by atoms with Crippen LogP contribution in [0.4, 0.5) is 0 Å². The lowest BCUT2D eigenvalue weighted by atomic mass is 10.2. The van der Waals surface area contributed by atoms with Crippen LogP contribution < -0.4 is 0 Å². The van der Waals surface area contributed by atoms with Gasteiger partial charge in [0.05, 0.1) is 6.61 Å². The molecule has 2 heteroatoms. The minimum Gasteiger partial charge on any atom is -0.462 e. The second kappa shape index (κ2) is 10.0. The van der Waals surface area contributed by atoms with E-state index in [1.54, 1.807) is 0 Å². The van der Waals surface area contributed by atoms with E-state index in [4.69, 9.17) is 4.74 Å². The fourth-order valence-electron chi connectivity index (χ4n) is 1.03. The summed E-state index contributed by atoms with van der Waals surface area (Å²) in [5, 5.41) is 0. The van der Waals surface area contributed by atoms with Crippen molar-refractivity contribution in [2.24, 2.45) is 0 Å². The van der Waals surface area contributed by atoms with Crippen molar-refractivity contribution in [2.75, 3.05) is 6.61 Å². The molecule has 0 rings (SSSR count). The Morgan fingerprint density at radius 1 is 1.29 bits per heavy atom. The molecule has 0 saturated carbocycles. The zero-order chi connectivity index (χ0) is 10.6. The van der Waals surface area contributed by atoms with E-state index in [1.807, 2.05) is 0 Å².